The highest BCUT2D eigenvalue weighted by molar-refractivity contribution is 5.76. The first-order chi connectivity index (χ1) is 32.0. The molecule has 0 aromatic heterocycles. The second-order valence-corrected chi connectivity index (χ2v) is 19.6. The van der Waals surface area contributed by atoms with E-state index in [1.807, 2.05) is 6.08 Å². The maximum Gasteiger partial charge on any atom is 0.305 e. The van der Waals surface area contributed by atoms with E-state index in [-0.39, 0.29) is 18.5 Å². The molecule has 6 nitrogen and oxygen atoms in total. The number of carbonyl (C=O) groups excluding carboxylic acids is 2. The molecular formula is C59H111NO5. The molecule has 0 heterocycles. The van der Waals surface area contributed by atoms with E-state index in [0.29, 0.717) is 19.4 Å². The molecule has 2 unspecified atom stereocenters. The van der Waals surface area contributed by atoms with Crippen molar-refractivity contribution in [1.82, 2.24) is 5.32 Å². The number of rotatable bonds is 53. The third-order valence-electron chi connectivity index (χ3n) is 13.2. The molecule has 0 aliphatic carbocycles. The zero-order valence-electron chi connectivity index (χ0n) is 43.5. The van der Waals surface area contributed by atoms with Crippen molar-refractivity contribution in [2.75, 3.05) is 13.2 Å². The van der Waals surface area contributed by atoms with E-state index in [2.05, 4.69) is 43.5 Å². The lowest BCUT2D eigenvalue weighted by atomic mass is 10.0. The van der Waals surface area contributed by atoms with E-state index in [1.54, 1.807) is 6.08 Å². The number of amides is 1. The summed E-state index contributed by atoms with van der Waals surface area (Å²) in [5.41, 5.74) is 0. The van der Waals surface area contributed by atoms with E-state index in [1.165, 1.54) is 225 Å². The summed E-state index contributed by atoms with van der Waals surface area (Å²) in [5, 5.41) is 23.1. The van der Waals surface area contributed by atoms with Gasteiger partial charge in [0, 0.05) is 12.8 Å². The molecule has 0 radical (unpaired) electrons. The Morgan fingerprint density at radius 3 is 1.20 bits per heavy atom. The molecule has 0 aliphatic heterocycles. The van der Waals surface area contributed by atoms with Gasteiger partial charge >= 0.3 is 5.97 Å². The fourth-order valence-corrected chi connectivity index (χ4v) is 8.72. The van der Waals surface area contributed by atoms with Gasteiger partial charge in [0.1, 0.15) is 0 Å². The van der Waals surface area contributed by atoms with Crippen molar-refractivity contribution < 1.29 is 24.5 Å². The second kappa shape index (κ2) is 54.7. The molecular weight excluding hydrogens is 803 g/mol. The summed E-state index contributed by atoms with van der Waals surface area (Å²) in [6, 6.07) is -0.632. The summed E-state index contributed by atoms with van der Waals surface area (Å²) in [6.07, 6.45) is 67.3. The summed E-state index contributed by atoms with van der Waals surface area (Å²) >= 11 is 0. The minimum absolute atomic E-state index is 0.00968. The lowest BCUT2D eigenvalue weighted by molar-refractivity contribution is -0.143. The number of nitrogens with one attached hydrogen (secondary N) is 1. The SMILES string of the molecule is CCCCC/C=C\C/C=C\CCCCCCCC(=O)OCCCCCCCCCCCCCCCCCCCC(=O)NC(CO)C(O)/C=C/CCCCCCCCCCCCCCCC. The number of esters is 1. The number of ether oxygens (including phenoxy) is 1. The molecule has 0 aromatic carbocycles. The molecule has 382 valence electrons. The number of unbranched alkanes of at least 4 members (excludes halogenated alkanes) is 38. The summed E-state index contributed by atoms with van der Waals surface area (Å²) in [4.78, 5) is 24.5. The van der Waals surface area contributed by atoms with Crippen LogP contribution < -0.4 is 5.32 Å². The maximum atomic E-state index is 12.5. The van der Waals surface area contributed by atoms with Crippen molar-refractivity contribution in [3.05, 3.63) is 36.5 Å². The zero-order chi connectivity index (χ0) is 47.2. The lowest BCUT2D eigenvalue weighted by Gasteiger charge is -2.20. The van der Waals surface area contributed by atoms with Gasteiger partial charge in [-0.2, -0.15) is 0 Å². The molecule has 3 N–H and O–H groups in total. The fourth-order valence-electron chi connectivity index (χ4n) is 8.72. The van der Waals surface area contributed by atoms with Crippen LogP contribution in [0, 0.1) is 0 Å². The number of aliphatic hydroxyl groups excluding tert-OH is 2. The molecule has 0 saturated heterocycles. The second-order valence-electron chi connectivity index (χ2n) is 19.6. The van der Waals surface area contributed by atoms with Crippen molar-refractivity contribution in [3.8, 4) is 0 Å². The molecule has 0 bridgehead atoms. The number of hydrogen-bond donors (Lipinski definition) is 3. The zero-order valence-corrected chi connectivity index (χ0v) is 43.5. The largest absolute Gasteiger partial charge is 0.466 e. The van der Waals surface area contributed by atoms with Crippen molar-refractivity contribution in [2.45, 2.75) is 315 Å². The molecule has 65 heavy (non-hydrogen) atoms. The normalized spacial score (nSPS) is 12.9. The highest BCUT2D eigenvalue weighted by atomic mass is 16.5. The Morgan fingerprint density at radius 2 is 0.769 bits per heavy atom. The maximum absolute atomic E-state index is 12.5. The van der Waals surface area contributed by atoms with E-state index >= 15 is 0 Å². The molecule has 0 rings (SSSR count). The molecule has 0 aromatic rings. The van der Waals surface area contributed by atoms with Gasteiger partial charge in [-0.3, -0.25) is 9.59 Å². The van der Waals surface area contributed by atoms with Crippen LogP contribution in [0.25, 0.3) is 0 Å². The molecule has 2 atom stereocenters. The number of carbonyl (C=O) groups is 2. The molecule has 0 spiro atoms. The Kier molecular flexibility index (Phi) is 53.1. The number of allylic oxidation sites excluding steroid dienone is 5. The third kappa shape index (κ3) is 51.3. The Balaban J connectivity index is 3.45. The highest BCUT2D eigenvalue weighted by Crippen LogP contribution is 2.17. The summed E-state index contributed by atoms with van der Waals surface area (Å²) < 4.78 is 5.47. The minimum atomic E-state index is -0.849. The highest BCUT2D eigenvalue weighted by Gasteiger charge is 2.18. The molecule has 0 aliphatic rings. The predicted molar refractivity (Wildman–Crippen MR) is 283 cm³/mol. The lowest BCUT2D eigenvalue weighted by Crippen LogP contribution is -2.45. The van der Waals surface area contributed by atoms with Crippen LogP contribution in [0.15, 0.2) is 36.5 Å². The Hall–Kier alpha value is -1.92. The average molecular weight is 915 g/mol. The van der Waals surface area contributed by atoms with Crippen molar-refractivity contribution in [1.29, 1.82) is 0 Å². The van der Waals surface area contributed by atoms with Gasteiger partial charge in [0.05, 0.1) is 25.4 Å². The smallest absolute Gasteiger partial charge is 0.305 e. The summed E-state index contributed by atoms with van der Waals surface area (Å²) in [6.45, 7) is 4.87. The van der Waals surface area contributed by atoms with Crippen LogP contribution in [0.3, 0.4) is 0 Å². The number of hydrogen-bond acceptors (Lipinski definition) is 5. The molecule has 0 fully saturated rings. The van der Waals surface area contributed by atoms with Gasteiger partial charge in [-0.1, -0.05) is 262 Å². The van der Waals surface area contributed by atoms with Gasteiger partial charge in [-0.15, -0.1) is 0 Å². The van der Waals surface area contributed by atoms with Gasteiger partial charge in [-0.05, 0) is 64.2 Å². The van der Waals surface area contributed by atoms with Crippen molar-refractivity contribution in [3.63, 3.8) is 0 Å². The quantitative estimate of drug-likeness (QED) is 0.0321. The van der Waals surface area contributed by atoms with Gasteiger partial charge in [0.25, 0.3) is 0 Å². The van der Waals surface area contributed by atoms with Gasteiger partial charge in [0.2, 0.25) is 5.91 Å². The summed E-state index contributed by atoms with van der Waals surface area (Å²) in [5.74, 6) is -0.0825. The van der Waals surface area contributed by atoms with E-state index in [4.69, 9.17) is 4.74 Å². The van der Waals surface area contributed by atoms with Crippen LogP contribution in [0.2, 0.25) is 0 Å². The van der Waals surface area contributed by atoms with Gasteiger partial charge < -0.3 is 20.3 Å². The average Bonchev–Trinajstić information content (AvgIpc) is 3.31. The first kappa shape index (κ1) is 63.1. The molecule has 6 heteroatoms. The molecule has 1 amide bonds. The third-order valence-corrected chi connectivity index (χ3v) is 13.2. The van der Waals surface area contributed by atoms with E-state index in [9.17, 15) is 19.8 Å². The topological polar surface area (TPSA) is 95.9 Å². The van der Waals surface area contributed by atoms with Crippen LogP contribution in [-0.4, -0.2) is 47.4 Å². The minimum Gasteiger partial charge on any atom is -0.466 e. The van der Waals surface area contributed by atoms with Crippen molar-refractivity contribution >= 4 is 11.9 Å². The summed E-state index contributed by atoms with van der Waals surface area (Å²) in [7, 11) is 0. The van der Waals surface area contributed by atoms with Gasteiger partial charge in [0.15, 0.2) is 0 Å². The first-order valence-electron chi connectivity index (χ1n) is 28.8. The van der Waals surface area contributed by atoms with Crippen LogP contribution in [0.1, 0.15) is 303 Å². The van der Waals surface area contributed by atoms with Crippen molar-refractivity contribution in [2.24, 2.45) is 0 Å². The van der Waals surface area contributed by atoms with E-state index in [0.717, 1.165) is 51.4 Å². The Morgan fingerprint density at radius 1 is 0.431 bits per heavy atom. The van der Waals surface area contributed by atoms with Crippen LogP contribution in [0.4, 0.5) is 0 Å². The first-order valence-corrected chi connectivity index (χ1v) is 28.8. The van der Waals surface area contributed by atoms with Crippen LogP contribution in [-0.2, 0) is 14.3 Å². The number of aliphatic hydroxyl groups is 2. The predicted octanol–water partition coefficient (Wildman–Crippen LogP) is 17.6. The van der Waals surface area contributed by atoms with Crippen LogP contribution in [0.5, 0.6) is 0 Å². The van der Waals surface area contributed by atoms with Gasteiger partial charge in [-0.25, -0.2) is 0 Å². The van der Waals surface area contributed by atoms with Crippen LogP contribution >= 0.6 is 0 Å². The fraction of sp³-hybridized carbons (Fsp3) is 0.864. The standard InChI is InChI=1S/C59H111NO5/c1-3-5-7-9-11-13-15-17-19-24-27-31-35-39-43-47-51-57(62)56(55-61)60-58(63)52-48-44-40-36-32-28-25-21-20-22-26-30-34-38-42-46-50-54-65-59(64)53-49-45-41-37-33-29-23-18-16-14-12-10-8-6-4-2/h12,14,18,23,47,51,56-57,61-62H,3-11,13,15-17,19-22,24-46,48-50,52-55H2,1-2H3,(H,60,63)/b14-12-,23-18-,51-47+. The molecule has 0 saturated carbocycles. The monoisotopic (exact) mass is 914 g/mol. The Bertz CT molecular complexity index is 1060. The van der Waals surface area contributed by atoms with E-state index < -0.39 is 12.1 Å². The Labute approximate surface area is 404 Å².